The SMILES string of the molecule is N#CC(=Cc1ccc(-c2ccc([N+](=O)[O-])cc2)o1)c1nc(-c2ccco2)cs1. The lowest BCUT2D eigenvalue weighted by molar-refractivity contribution is -0.384. The minimum atomic E-state index is -0.454. The maximum absolute atomic E-state index is 10.8. The van der Waals surface area contributed by atoms with Crippen molar-refractivity contribution in [1.82, 2.24) is 4.98 Å². The van der Waals surface area contributed by atoms with Crippen molar-refractivity contribution in [3.8, 4) is 28.8 Å². The van der Waals surface area contributed by atoms with Crippen LogP contribution in [0, 0.1) is 21.4 Å². The Morgan fingerprint density at radius 2 is 2.00 bits per heavy atom. The Morgan fingerprint density at radius 1 is 1.18 bits per heavy atom. The number of hydrogen-bond acceptors (Lipinski definition) is 7. The molecule has 3 heterocycles. The maximum atomic E-state index is 10.8. The number of nitro groups is 1. The van der Waals surface area contributed by atoms with Gasteiger partial charge in [-0.05, 0) is 36.4 Å². The highest BCUT2D eigenvalue weighted by molar-refractivity contribution is 7.11. The van der Waals surface area contributed by atoms with E-state index in [2.05, 4.69) is 11.1 Å². The molecule has 0 saturated carbocycles. The summed E-state index contributed by atoms with van der Waals surface area (Å²) in [5.41, 5.74) is 1.75. The van der Waals surface area contributed by atoms with Crippen molar-refractivity contribution in [2.75, 3.05) is 0 Å². The summed E-state index contributed by atoms with van der Waals surface area (Å²) in [5, 5.41) is 22.6. The molecule has 0 unspecified atom stereocenters. The van der Waals surface area contributed by atoms with Gasteiger partial charge in [-0.15, -0.1) is 11.3 Å². The summed E-state index contributed by atoms with van der Waals surface area (Å²) in [6.07, 6.45) is 3.18. The number of benzene rings is 1. The van der Waals surface area contributed by atoms with E-state index >= 15 is 0 Å². The first kappa shape index (κ1) is 17.5. The first-order chi connectivity index (χ1) is 13.6. The molecule has 0 bridgehead atoms. The molecule has 0 aliphatic carbocycles. The molecule has 0 atom stereocenters. The van der Waals surface area contributed by atoms with Crippen LogP contribution in [0.4, 0.5) is 5.69 Å². The van der Waals surface area contributed by atoms with E-state index in [0.29, 0.717) is 39.1 Å². The highest BCUT2D eigenvalue weighted by atomic mass is 32.1. The van der Waals surface area contributed by atoms with Crippen LogP contribution in [-0.2, 0) is 0 Å². The number of allylic oxidation sites excluding steroid dienone is 1. The first-order valence-corrected chi connectivity index (χ1v) is 8.98. The fraction of sp³-hybridized carbons (Fsp3) is 0. The number of nitrogens with zero attached hydrogens (tertiary/aromatic N) is 3. The minimum Gasteiger partial charge on any atom is -0.463 e. The molecular formula is C20H11N3O4S. The zero-order valence-electron chi connectivity index (χ0n) is 14.2. The van der Waals surface area contributed by atoms with Crippen molar-refractivity contribution in [2.24, 2.45) is 0 Å². The van der Waals surface area contributed by atoms with Gasteiger partial charge in [0, 0.05) is 29.2 Å². The molecule has 0 N–H and O–H groups in total. The second-order valence-electron chi connectivity index (χ2n) is 5.69. The summed E-state index contributed by atoms with van der Waals surface area (Å²) < 4.78 is 11.1. The van der Waals surface area contributed by atoms with Crippen LogP contribution in [0.1, 0.15) is 10.8 Å². The van der Waals surface area contributed by atoms with E-state index in [1.807, 2.05) is 5.38 Å². The predicted octanol–water partition coefficient (Wildman–Crippen LogP) is 5.64. The van der Waals surface area contributed by atoms with E-state index in [9.17, 15) is 15.4 Å². The van der Waals surface area contributed by atoms with Gasteiger partial charge in [0.15, 0.2) is 5.76 Å². The topological polar surface area (TPSA) is 106 Å². The van der Waals surface area contributed by atoms with Gasteiger partial charge in [0.1, 0.15) is 28.3 Å². The van der Waals surface area contributed by atoms with Crippen LogP contribution in [0.2, 0.25) is 0 Å². The van der Waals surface area contributed by atoms with Crippen molar-refractivity contribution in [3.63, 3.8) is 0 Å². The highest BCUT2D eigenvalue weighted by Crippen LogP contribution is 2.29. The van der Waals surface area contributed by atoms with Gasteiger partial charge in [-0.25, -0.2) is 4.98 Å². The normalized spacial score (nSPS) is 11.3. The summed E-state index contributed by atoms with van der Waals surface area (Å²) in [7, 11) is 0. The zero-order valence-corrected chi connectivity index (χ0v) is 15.1. The van der Waals surface area contributed by atoms with Gasteiger partial charge in [0.05, 0.1) is 16.8 Å². The van der Waals surface area contributed by atoms with E-state index in [1.54, 1.807) is 48.7 Å². The van der Waals surface area contributed by atoms with Crippen LogP contribution in [0.3, 0.4) is 0 Å². The number of hydrogen-bond donors (Lipinski definition) is 0. The van der Waals surface area contributed by atoms with Crippen molar-refractivity contribution < 1.29 is 13.8 Å². The quantitative estimate of drug-likeness (QED) is 0.248. The molecule has 8 heteroatoms. The second kappa shape index (κ2) is 7.34. The molecule has 0 fully saturated rings. The van der Waals surface area contributed by atoms with E-state index in [1.165, 1.54) is 23.5 Å². The molecule has 4 aromatic rings. The number of non-ortho nitro benzene ring substituents is 1. The molecule has 0 saturated heterocycles. The van der Waals surface area contributed by atoms with Crippen LogP contribution < -0.4 is 0 Å². The van der Waals surface area contributed by atoms with E-state index in [0.717, 1.165) is 0 Å². The molecule has 0 aliphatic heterocycles. The molecule has 1 aromatic carbocycles. The van der Waals surface area contributed by atoms with Gasteiger partial charge < -0.3 is 8.83 Å². The number of furan rings is 2. The minimum absolute atomic E-state index is 0.0123. The maximum Gasteiger partial charge on any atom is 0.269 e. The van der Waals surface area contributed by atoms with E-state index in [4.69, 9.17) is 8.83 Å². The summed E-state index contributed by atoms with van der Waals surface area (Å²) in [6.45, 7) is 0. The number of thiazole rings is 1. The molecule has 136 valence electrons. The molecule has 0 radical (unpaired) electrons. The van der Waals surface area contributed by atoms with Gasteiger partial charge in [0.25, 0.3) is 5.69 Å². The van der Waals surface area contributed by atoms with E-state index < -0.39 is 4.92 Å². The van der Waals surface area contributed by atoms with Crippen LogP contribution in [0.15, 0.2) is 69.0 Å². The number of rotatable bonds is 5. The Labute approximate surface area is 163 Å². The monoisotopic (exact) mass is 389 g/mol. The molecule has 0 amide bonds. The van der Waals surface area contributed by atoms with Crippen LogP contribution in [-0.4, -0.2) is 9.91 Å². The third kappa shape index (κ3) is 3.47. The lowest BCUT2D eigenvalue weighted by Crippen LogP contribution is -1.86. The van der Waals surface area contributed by atoms with Gasteiger partial charge in [-0.1, -0.05) is 0 Å². The van der Waals surface area contributed by atoms with Gasteiger partial charge >= 0.3 is 0 Å². The smallest absolute Gasteiger partial charge is 0.269 e. The third-order valence-corrected chi connectivity index (χ3v) is 4.78. The lowest BCUT2D eigenvalue weighted by atomic mass is 10.1. The fourth-order valence-corrected chi connectivity index (χ4v) is 3.33. The largest absolute Gasteiger partial charge is 0.463 e. The zero-order chi connectivity index (χ0) is 19.5. The second-order valence-corrected chi connectivity index (χ2v) is 6.55. The van der Waals surface area contributed by atoms with Crippen molar-refractivity contribution in [2.45, 2.75) is 0 Å². The predicted molar refractivity (Wildman–Crippen MR) is 104 cm³/mol. The number of nitriles is 1. The molecule has 0 aliphatic rings. The standard InChI is InChI=1S/C20H11N3O4S/c21-11-14(20-22-17(12-28-20)19-2-1-9-26-19)10-16-7-8-18(27-16)13-3-5-15(6-4-13)23(24)25/h1-10,12H. The summed E-state index contributed by atoms with van der Waals surface area (Å²) in [4.78, 5) is 14.7. The van der Waals surface area contributed by atoms with Crippen molar-refractivity contribution >= 4 is 28.7 Å². The molecule has 28 heavy (non-hydrogen) atoms. The number of nitro benzene ring substituents is 1. The Morgan fingerprint density at radius 3 is 2.68 bits per heavy atom. The Balaban J connectivity index is 1.60. The lowest BCUT2D eigenvalue weighted by Gasteiger charge is -1.97. The summed E-state index contributed by atoms with van der Waals surface area (Å²) >= 11 is 1.34. The fourth-order valence-electron chi connectivity index (χ4n) is 2.55. The molecule has 3 aromatic heterocycles. The highest BCUT2D eigenvalue weighted by Gasteiger charge is 2.12. The third-order valence-electron chi connectivity index (χ3n) is 3.90. The molecule has 4 rings (SSSR count). The van der Waals surface area contributed by atoms with Crippen LogP contribution in [0.25, 0.3) is 34.4 Å². The Kier molecular flexibility index (Phi) is 4.58. The van der Waals surface area contributed by atoms with Crippen molar-refractivity contribution in [3.05, 3.63) is 81.1 Å². The summed E-state index contributed by atoms with van der Waals surface area (Å²) in [5.74, 6) is 1.67. The van der Waals surface area contributed by atoms with Gasteiger partial charge in [-0.2, -0.15) is 5.26 Å². The Bertz CT molecular complexity index is 1200. The van der Waals surface area contributed by atoms with Crippen molar-refractivity contribution in [1.29, 1.82) is 5.26 Å². The van der Waals surface area contributed by atoms with Gasteiger partial charge in [0.2, 0.25) is 0 Å². The molecular weight excluding hydrogens is 378 g/mol. The average molecular weight is 389 g/mol. The molecule has 0 spiro atoms. The van der Waals surface area contributed by atoms with E-state index in [-0.39, 0.29) is 5.69 Å². The average Bonchev–Trinajstić information content (AvgIpc) is 3.47. The van der Waals surface area contributed by atoms with Crippen LogP contribution >= 0.6 is 11.3 Å². The van der Waals surface area contributed by atoms with Gasteiger partial charge in [-0.3, -0.25) is 10.1 Å². The summed E-state index contributed by atoms with van der Waals surface area (Å²) in [6, 6.07) is 15.3. The van der Waals surface area contributed by atoms with Crippen LogP contribution in [0.5, 0.6) is 0 Å². The first-order valence-electron chi connectivity index (χ1n) is 8.10. The Hall–Kier alpha value is -3.96. The number of aromatic nitrogens is 1. The molecule has 7 nitrogen and oxygen atoms in total.